The summed E-state index contributed by atoms with van der Waals surface area (Å²) in [5.74, 6) is -1.48. The molecule has 1 unspecified atom stereocenters. The van der Waals surface area contributed by atoms with E-state index >= 15 is 0 Å². The van der Waals surface area contributed by atoms with E-state index in [2.05, 4.69) is 52.0 Å². The van der Waals surface area contributed by atoms with Crippen LogP contribution in [0.4, 0.5) is 5.13 Å². The third kappa shape index (κ3) is 6.62. The minimum absolute atomic E-state index is 0.220. The summed E-state index contributed by atoms with van der Waals surface area (Å²) in [6.45, 7) is 0.619. The third-order valence-electron chi connectivity index (χ3n) is 6.63. The topological polar surface area (TPSA) is 82.5 Å². The van der Waals surface area contributed by atoms with E-state index in [9.17, 15) is 14.7 Å². The highest BCUT2D eigenvalue weighted by atomic mass is 32.1. The van der Waals surface area contributed by atoms with Crippen LogP contribution in [0.1, 0.15) is 21.5 Å². The molecule has 40 heavy (non-hydrogen) atoms. The molecule has 4 aromatic carbocycles. The molecule has 0 saturated heterocycles. The van der Waals surface area contributed by atoms with Crippen molar-refractivity contribution < 1.29 is 14.7 Å². The van der Waals surface area contributed by atoms with Gasteiger partial charge in [0.2, 0.25) is 0 Å². The molecule has 0 saturated carbocycles. The molecular weight excluding hydrogens is 518 g/mol. The molecule has 0 aliphatic carbocycles. The Bertz CT molecular complexity index is 1570. The smallest absolute Gasteiger partial charge is 0.326 e. The minimum atomic E-state index is -1.06. The van der Waals surface area contributed by atoms with Gasteiger partial charge in [-0.25, -0.2) is 9.78 Å². The summed E-state index contributed by atoms with van der Waals surface area (Å²) in [5.41, 5.74) is 6.64. The lowest BCUT2D eigenvalue weighted by atomic mass is 10.0. The number of carboxylic acids is 1. The highest BCUT2D eigenvalue weighted by Crippen LogP contribution is 2.29. The van der Waals surface area contributed by atoms with Crippen LogP contribution in [0.5, 0.6) is 0 Å². The first kappa shape index (κ1) is 26.8. The number of carbonyl (C=O) groups excluding carboxylic acids is 1. The van der Waals surface area contributed by atoms with Crippen molar-refractivity contribution in [1.29, 1.82) is 0 Å². The van der Waals surface area contributed by atoms with Crippen molar-refractivity contribution in [2.75, 3.05) is 11.9 Å². The summed E-state index contributed by atoms with van der Waals surface area (Å²) >= 11 is 1.59. The third-order valence-corrected chi connectivity index (χ3v) is 7.58. The lowest BCUT2D eigenvalue weighted by Crippen LogP contribution is -2.42. The van der Waals surface area contributed by atoms with Gasteiger partial charge in [-0.1, -0.05) is 97.1 Å². The van der Waals surface area contributed by atoms with Crippen LogP contribution < -0.4 is 10.2 Å². The van der Waals surface area contributed by atoms with Crippen molar-refractivity contribution in [3.8, 4) is 22.4 Å². The second kappa shape index (κ2) is 12.4. The van der Waals surface area contributed by atoms with Crippen LogP contribution in [0, 0.1) is 0 Å². The molecule has 200 valence electrons. The zero-order valence-electron chi connectivity index (χ0n) is 22.0. The Balaban J connectivity index is 1.19. The molecule has 1 aromatic heterocycles. The Hall–Kier alpha value is -4.75. The summed E-state index contributed by atoms with van der Waals surface area (Å²) in [6, 6.07) is 34.2. The Labute approximate surface area is 237 Å². The average molecular weight is 548 g/mol. The number of carboxylic acid groups (broad SMARTS) is 1. The van der Waals surface area contributed by atoms with Crippen LogP contribution in [0.25, 0.3) is 22.4 Å². The van der Waals surface area contributed by atoms with Gasteiger partial charge in [0.15, 0.2) is 5.13 Å². The van der Waals surface area contributed by atoms with E-state index < -0.39 is 17.9 Å². The maximum Gasteiger partial charge on any atom is 0.326 e. The van der Waals surface area contributed by atoms with Crippen molar-refractivity contribution >= 4 is 28.3 Å². The standard InChI is InChI=1S/C33H29N3O3S/c1-36(33-35-30(22-40-33)27-18-16-26(17-19-27)25-10-6-3-7-11-25)21-24-12-14-28(15-13-24)31(37)34-29(32(38)39)20-23-8-4-2-5-9-23/h2-19,22,29H,20-21H2,1H3,(H,34,37)(H,38,39). The number of aliphatic carboxylic acids is 1. The number of nitrogens with one attached hydrogen (secondary N) is 1. The predicted octanol–water partition coefficient (Wildman–Crippen LogP) is 6.54. The van der Waals surface area contributed by atoms with Crippen molar-refractivity contribution in [1.82, 2.24) is 10.3 Å². The van der Waals surface area contributed by atoms with E-state index in [0.29, 0.717) is 12.1 Å². The summed E-state index contributed by atoms with van der Waals surface area (Å²) < 4.78 is 0. The highest BCUT2D eigenvalue weighted by molar-refractivity contribution is 7.14. The van der Waals surface area contributed by atoms with Crippen LogP contribution in [0.3, 0.4) is 0 Å². The summed E-state index contributed by atoms with van der Waals surface area (Å²) in [4.78, 5) is 31.4. The quantitative estimate of drug-likeness (QED) is 0.208. The van der Waals surface area contributed by atoms with Crippen LogP contribution >= 0.6 is 11.3 Å². The lowest BCUT2D eigenvalue weighted by Gasteiger charge is -2.17. The van der Waals surface area contributed by atoms with E-state index in [1.54, 1.807) is 23.5 Å². The molecule has 0 radical (unpaired) electrons. The van der Waals surface area contributed by atoms with Crippen LogP contribution in [-0.4, -0.2) is 35.1 Å². The maximum atomic E-state index is 12.8. The monoisotopic (exact) mass is 547 g/mol. The zero-order chi connectivity index (χ0) is 27.9. The Morgan fingerprint density at radius 3 is 2.05 bits per heavy atom. The lowest BCUT2D eigenvalue weighted by molar-refractivity contribution is -0.139. The number of thiazole rings is 1. The Morgan fingerprint density at radius 2 is 1.40 bits per heavy atom. The van der Waals surface area contributed by atoms with Crippen LogP contribution in [0.15, 0.2) is 115 Å². The fraction of sp³-hybridized carbons (Fsp3) is 0.121. The number of benzene rings is 4. The molecule has 1 heterocycles. The van der Waals surface area contributed by atoms with Gasteiger partial charge in [0.25, 0.3) is 5.91 Å². The van der Waals surface area contributed by atoms with E-state index in [-0.39, 0.29) is 6.42 Å². The number of carbonyl (C=O) groups is 2. The second-order valence-corrected chi connectivity index (χ2v) is 10.4. The first-order chi connectivity index (χ1) is 19.5. The number of rotatable bonds is 10. The average Bonchev–Trinajstić information content (AvgIpc) is 3.49. The van der Waals surface area contributed by atoms with Gasteiger partial charge in [-0.2, -0.15) is 0 Å². The number of nitrogens with zero attached hydrogens (tertiary/aromatic N) is 2. The van der Waals surface area contributed by atoms with E-state index in [1.165, 1.54) is 11.1 Å². The molecule has 7 heteroatoms. The van der Waals surface area contributed by atoms with Gasteiger partial charge in [-0.15, -0.1) is 11.3 Å². The molecule has 5 rings (SSSR count). The molecule has 0 aliphatic rings. The van der Waals surface area contributed by atoms with Gasteiger partial charge in [0.05, 0.1) is 5.69 Å². The fourth-order valence-corrected chi connectivity index (χ4v) is 5.23. The van der Waals surface area contributed by atoms with Gasteiger partial charge in [0.1, 0.15) is 6.04 Å². The molecule has 1 atom stereocenters. The largest absolute Gasteiger partial charge is 0.480 e. The first-order valence-electron chi connectivity index (χ1n) is 13.0. The number of hydrogen-bond acceptors (Lipinski definition) is 5. The number of hydrogen-bond donors (Lipinski definition) is 2. The van der Waals surface area contributed by atoms with Crippen LogP contribution in [0.2, 0.25) is 0 Å². The van der Waals surface area contributed by atoms with Crippen molar-refractivity contribution in [2.45, 2.75) is 19.0 Å². The normalized spacial score (nSPS) is 11.5. The molecule has 0 fully saturated rings. The SMILES string of the molecule is CN(Cc1ccc(C(=O)NC(Cc2ccccc2)C(=O)O)cc1)c1nc(-c2ccc(-c3ccccc3)cc2)cs1. The molecular formula is C33H29N3O3S. The molecule has 5 aromatic rings. The Morgan fingerprint density at radius 1 is 0.800 bits per heavy atom. The van der Waals surface area contributed by atoms with E-state index in [0.717, 1.165) is 27.5 Å². The van der Waals surface area contributed by atoms with Gasteiger partial charge in [-0.05, 0) is 34.4 Å². The molecule has 0 bridgehead atoms. The van der Waals surface area contributed by atoms with Crippen LogP contribution in [-0.2, 0) is 17.8 Å². The predicted molar refractivity (Wildman–Crippen MR) is 161 cm³/mol. The number of amides is 1. The molecule has 0 aliphatic heterocycles. The highest BCUT2D eigenvalue weighted by Gasteiger charge is 2.21. The summed E-state index contributed by atoms with van der Waals surface area (Å²) in [6.07, 6.45) is 0.220. The minimum Gasteiger partial charge on any atom is -0.480 e. The zero-order valence-corrected chi connectivity index (χ0v) is 22.8. The molecule has 0 spiro atoms. The van der Waals surface area contributed by atoms with Crippen molar-refractivity contribution in [2.24, 2.45) is 0 Å². The first-order valence-corrected chi connectivity index (χ1v) is 13.8. The van der Waals surface area contributed by atoms with Crippen molar-refractivity contribution in [3.05, 3.63) is 131 Å². The van der Waals surface area contributed by atoms with Gasteiger partial charge in [-0.3, -0.25) is 4.79 Å². The van der Waals surface area contributed by atoms with E-state index in [1.807, 2.05) is 67.7 Å². The van der Waals surface area contributed by atoms with E-state index in [4.69, 9.17) is 4.98 Å². The molecule has 2 N–H and O–H groups in total. The summed E-state index contributed by atoms with van der Waals surface area (Å²) in [5, 5.41) is 15.2. The van der Waals surface area contributed by atoms with Gasteiger partial charge in [0, 0.05) is 36.5 Å². The molecule has 6 nitrogen and oxygen atoms in total. The fourth-order valence-electron chi connectivity index (χ4n) is 4.43. The number of aromatic nitrogens is 1. The second-order valence-electron chi connectivity index (χ2n) is 9.57. The molecule has 1 amide bonds. The Kier molecular flexibility index (Phi) is 8.32. The summed E-state index contributed by atoms with van der Waals surface area (Å²) in [7, 11) is 1.99. The van der Waals surface area contributed by atoms with Gasteiger partial charge >= 0.3 is 5.97 Å². The van der Waals surface area contributed by atoms with Crippen molar-refractivity contribution in [3.63, 3.8) is 0 Å². The van der Waals surface area contributed by atoms with Gasteiger partial charge < -0.3 is 15.3 Å². The maximum absolute atomic E-state index is 12.8. The number of anilines is 1.